The summed E-state index contributed by atoms with van der Waals surface area (Å²) in [5.74, 6) is -15.7. The largest absolute Gasteiger partial charge is 0.508 e. The number of rotatable bonds is 6. The SMILES string of the molecule is CC(C)(C)OC(=O)N[C@H]1C(=O)N[C@H]2Cc3ccc(c(Cl)c3)Oc3cc4cc(c3O)Oc3ccc(cc3Cl)C(O)[C@@H]3NC(=O)[C@@H](NC(=O)[C@H]4NC(=O)[C@@H](NC2=O)c2cc(O)cc(c2)Oc2cc1ccc2O)c1ccc(O)c(c1)-c1c(cc(O)c(CNCc2ccccc2)c1O)[C@@H](C(=O)O)NC3=O. The number of hydrogen-bond donors (Lipinski definition) is 16. The van der Waals surface area contributed by atoms with E-state index in [1.54, 1.807) is 51.1 Å². The van der Waals surface area contributed by atoms with E-state index in [1.807, 2.05) is 0 Å². The zero-order chi connectivity index (χ0) is 72.0. The minimum Gasteiger partial charge on any atom is -0.508 e. The molecule has 0 radical (unpaired) electrons. The van der Waals surface area contributed by atoms with Crippen molar-refractivity contribution in [2.45, 2.75) is 94.3 Å². The van der Waals surface area contributed by atoms with E-state index in [0.717, 1.165) is 66.2 Å². The standard InChI is InChI=1S/C71H62Cl2N8O20/c1-71(2,3)101-70(97)81-55-33-11-14-46(84)50(23-33)98-38-20-35(19-37(82)26-38)56-66(92)78-57-36-24-51(99-48-15-9-31(17-42(48)72)18-44(63(89)76-56)75-64(55)90)62(88)52(25-36)100-49-16-12-34(22-43(49)73)60(86)59-68(94)79-58(69(95)96)40-27-47(85)41(29-74-28-30-7-5-4-6-8-30)61(87)53(40)39-21-32(10-13-45(39)83)54(65(91)80-59)77-67(57)93/h4-17,19-27,44,54-60,74,82-88H,18,28-29H2,1-3H3,(H,75,90)(H,76,89)(H,77,93)(H,78,92)(H,79,94)(H,80,91)(H,81,97)(H,95,96)/t44-,54-,55+,56-,57-,58-,59-,60?/m0/s1. The number of hydrogen-bond acceptors (Lipinski definition) is 20. The third-order valence-corrected chi connectivity index (χ3v) is 17.4. The zero-order valence-corrected chi connectivity index (χ0v) is 54.8. The van der Waals surface area contributed by atoms with Gasteiger partial charge < -0.3 is 102 Å². The third-order valence-electron chi connectivity index (χ3n) is 16.8. The first-order valence-corrected chi connectivity index (χ1v) is 31.8. The normalized spacial score (nSPS) is 20.5. The monoisotopic (exact) mass is 1420 g/mol. The number of halogens is 2. The Labute approximate surface area is 582 Å². The summed E-state index contributed by atoms with van der Waals surface area (Å²) >= 11 is 13.9. The maximum absolute atomic E-state index is 16.0. The lowest BCUT2D eigenvalue weighted by Crippen LogP contribution is -2.55. The first-order valence-electron chi connectivity index (χ1n) is 31.1. The van der Waals surface area contributed by atoms with Crippen molar-refractivity contribution in [1.82, 2.24) is 42.5 Å². The number of aliphatic hydroxyl groups excluding tert-OH is 1. The Morgan fingerprint density at radius 2 is 1.15 bits per heavy atom. The molecule has 0 spiro atoms. The Bertz CT molecular complexity index is 4740. The maximum Gasteiger partial charge on any atom is 0.408 e. The van der Waals surface area contributed by atoms with Gasteiger partial charge in [-0.25, -0.2) is 9.59 Å². The van der Waals surface area contributed by atoms with Crippen LogP contribution in [0.1, 0.15) is 107 Å². The molecule has 7 amide bonds. The summed E-state index contributed by atoms with van der Waals surface area (Å²) in [6.45, 7) is 4.62. The predicted molar refractivity (Wildman–Crippen MR) is 357 cm³/mol. The Kier molecular flexibility index (Phi) is 18.9. The lowest BCUT2D eigenvalue weighted by molar-refractivity contribution is -0.143. The number of carbonyl (C=O) groups is 8. The van der Waals surface area contributed by atoms with Crippen molar-refractivity contribution in [1.29, 1.82) is 0 Å². The highest BCUT2D eigenvalue weighted by Gasteiger charge is 2.42. The molecule has 8 atom stereocenters. The molecular formula is C71H62Cl2N8O20. The fourth-order valence-corrected chi connectivity index (χ4v) is 12.4. The number of ether oxygens (including phenoxy) is 4. The van der Waals surface area contributed by atoms with Gasteiger partial charge in [0.2, 0.25) is 41.2 Å². The number of benzene rings is 8. The summed E-state index contributed by atoms with van der Waals surface area (Å²) in [4.78, 5) is 120. The molecule has 28 nitrogen and oxygen atoms in total. The zero-order valence-electron chi connectivity index (χ0n) is 53.3. The highest BCUT2D eigenvalue weighted by molar-refractivity contribution is 6.32. The van der Waals surface area contributed by atoms with E-state index in [2.05, 4.69) is 42.5 Å². The van der Waals surface area contributed by atoms with Crippen LogP contribution in [0.15, 0.2) is 140 Å². The molecule has 16 N–H and O–H groups in total. The van der Waals surface area contributed by atoms with Crippen molar-refractivity contribution < 1.29 is 98.2 Å². The summed E-state index contributed by atoms with van der Waals surface area (Å²) in [6, 6.07) is 15.4. The van der Waals surface area contributed by atoms with Gasteiger partial charge in [0.1, 0.15) is 88.2 Å². The van der Waals surface area contributed by atoms with E-state index in [0.29, 0.717) is 0 Å². The van der Waals surface area contributed by atoms with Gasteiger partial charge in [0.15, 0.2) is 29.0 Å². The fraction of sp³-hybridized carbons (Fsp3) is 0.211. The number of phenols is 6. The summed E-state index contributed by atoms with van der Waals surface area (Å²) in [5.41, 5.74) is -2.93. The molecule has 520 valence electrons. The van der Waals surface area contributed by atoms with Crippen LogP contribution < -0.4 is 56.7 Å². The predicted octanol–water partition coefficient (Wildman–Crippen LogP) is 7.84. The molecule has 1 unspecified atom stereocenters. The maximum atomic E-state index is 16.0. The highest BCUT2D eigenvalue weighted by atomic mass is 35.5. The van der Waals surface area contributed by atoms with Gasteiger partial charge in [-0.2, -0.15) is 0 Å². The number of carboxylic acids is 1. The van der Waals surface area contributed by atoms with Crippen molar-refractivity contribution in [2.75, 3.05) is 0 Å². The van der Waals surface area contributed by atoms with Gasteiger partial charge >= 0.3 is 12.1 Å². The Hall–Kier alpha value is -12.0. The molecule has 8 aromatic rings. The quantitative estimate of drug-likeness (QED) is 0.0753. The van der Waals surface area contributed by atoms with E-state index >= 15 is 19.2 Å². The van der Waals surface area contributed by atoms with Crippen LogP contribution in [0, 0.1) is 0 Å². The molecule has 0 fully saturated rings. The van der Waals surface area contributed by atoms with Gasteiger partial charge in [0.05, 0.1) is 15.6 Å². The van der Waals surface area contributed by atoms with Crippen molar-refractivity contribution in [2.24, 2.45) is 0 Å². The van der Waals surface area contributed by atoms with Crippen LogP contribution >= 0.6 is 23.2 Å². The number of phenolic OH excluding ortho intramolecular Hbond substituents is 6. The number of carboxylic acid groups (broad SMARTS) is 1. The molecule has 8 aromatic carbocycles. The second-order valence-electron chi connectivity index (χ2n) is 25.0. The summed E-state index contributed by atoms with van der Waals surface area (Å²) in [5, 5.41) is 114. The van der Waals surface area contributed by atoms with Gasteiger partial charge in [-0.15, -0.1) is 0 Å². The van der Waals surface area contributed by atoms with Gasteiger partial charge in [-0.1, -0.05) is 77.8 Å². The first kappa shape index (κ1) is 68.9. The number of aromatic hydroxyl groups is 6. The molecule has 30 heteroatoms. The van der Waals surface area contributed by atoms with Crippen LogP contribution in [-0.2, 0) is 57.8 Å². The van der Waals surface area contributed by atoms with Crippen LogP contribution in [0.4, 0.5) is 4.79 Å². The van der Waals surface area contributed by atoms with Gasteiger partial charge in [0, 0.05) is 42.3 Å². The third kappa shape index (κ3) is 14.6. The Morgan fingerprint density at radius 3 is 1.81 bits per heavy atom. The van der Waals surface area contributed by atoms with Gasteiger partial charge in [-0.3, -0.25) is 28.8 Å². The Balaban J connectivity index is 1.05. The number of aliphatic carboxylic acids is 1. The average Bonchev–Trinajstić information content (AvgIpc) is 0.751. The molecule has 17 bridgehead atoms. The molecule has 0 aromatic heterocycles. The lowest BCUT2D eigenvalue weighted by atomic mass is 9.88. The second kappa shape index (κ2) is 27.7. The molecule has 6 aliphatic heterocycles. The second-order valence-corrected chi connectivity index (χ2v) is 25.9. The van der Waals surface area contributed by atoms with Crippen molar-refractivity contribution in [3.63, 3.8) is 0 Å². The van der Waals surface area contributed by atoms with E-state index in [4.69, 9.17) is 42.1 Å². The highest BCUT2D eigenvalue weighted by Crippen LogP contribution is 2.49. The molecule has 101 heavy (non-hydrogen) atoms. The molecular weight excluding hydrogens is 1360 g/mol. The van der Waals surface area contributed by atoms with E-state index in [1.165, 1.54) is 48.5 Å². The van der Waals surface area contributed by atoms with E-state index in [9.17, 15) is 60.0 Å². The number of nitrogens with one attached hydrogen (secondary N) is 8. The van der Waals surface area contributed by atoms with Crippen LogP contribution in [0.25, 0.3) is 11.1 Å². The van der Waals surface area contributed by atoms with Gasteiger partial charge in [-0.05, 0) is 139 Å². The molecule has 14 rings (SSSR count). The van der Waals surface area contributed by atoms with E-state index < -0.39 is 171 Å². The minimum atomic E-state index is -2.25. The number of aliphatic hydroxyl groups is 1. The molecule has 0 saturated carbocycles. The fourth-order valence-electron chi connectivity index (χ4n) is 12.0. The molecule has 6 aliphatic rings. The Morgan fingerprint density at radius 1 is 0.545 bits per heavy atom. The van der Waals surface area contributed by atoms with Crippen LogP contribution in [0.3, 0.4) is 0 Å². The van der Waals surface area contributed by atoms with Crippen LogP contribution in [0.2, 0.25) is 10.0 Å². The number of fused-ring (bicyclic) bond motifs is 14. The summed E-state index contributed by atoms with van der Waals surface area (Å²) in [7, 11) is 0. The first-order chi connectivity index (χ1) is 48.0. The van der Waals surface area contributed by atoms with Gasteiger partial charge in [0.25, 0.3) is 0 Å². The topological polar surface area (TPSA) is 432 Å². The minimum absolute atomic E-state index is 0.0121. The smallest absolute Gasteiger partial charge is 0.408 e. The number of amides is 7. The molecule has 6 heterocycles. The molecule has 0 aliphatic carbocycles. The average molecular weight is 1420 g/mol. The number of carbonyl (C=O) groups excluding carboxylic acids is 7. The van der Waals surface area contributed by atoms with Crippen LogP contribution in [-0.4, -0.2) is 106 Å². The van der Waals surface area contributed by atoms with Crippen molar-refractivity contribution in [3.05, 3.63) is 200 Å². The van der Waals surface area contributed by atoms with Crippen molar-refractivity contribution in [3.8, 4) is 80.1 Å². The van der Waals surface area contributed by atoms with Crippen LogP contribution in [0.5, 0.6) is 69.0 Å². The van der Waals surface area contributed by atoms with E-state index in [-0.39, 0.29) is 85.1 Å². The summed E-state index contributed by atoms with van der Waals surface area (Å²) < 4.78 is 24.2. The van der Waals surface area contributed by atoms with Crippen molar-refractivity contribution >= 4 is 70.7 Å². The lowest BCUT2D eigenvalue weighted by Gasteiger charge is -2.31. The summed E-state index contributed by atoms with van der Waals surface area (Å²) in [6.07, 6.45) is -3.70. The number of alkyl carbamates (subject to hydrolysis) is 1. The molecule has 0 saturated heterocycles.